The summed E-state index contributed by atoms with van der Waals surface area (Å²) in [4.78, 5) is 20.7. The molecular formula is C20H19F3N4O3. The molecule has 0 spiro atoms. The number of rotatable bonds is 5. The van der Waals surface area contributed by atoms with Gasteiger partial charge in [-0.25, -0.2) is 9.97 Å². The minimum atomic E-state index is -4.60. The van der Waals surface area contributed by atoms with Crippen LogP contribution in [0.15, 0.2) is 36.7 Å². The third-order valence-corrected chi connectivity index (χ3v) is 4.87. The number of imidazole rings is 1. The van der Waals surface area contributed by atoms with Crippen LogP contribution in [0.2, 0.25) is 0 Å². The molecule has 0 bridgehead atoms. The first kappa shape index (κ1) is 20.1. The molecule has 1 N–H and O–H groups in total. The summed E-state index contributed by atoms with van der Waals surface area (Å²) < 4.78 is 51.0. The lowest BCUT2D eigenvalue weighted by molar-refractivity contribution is -0.141. The predicted molar refractivity (Wildman–Crippen MR) is 102 cm³/mol. The van der Waals surface area contributed by atoms with Gasteiger partial charge in [-0.05, 0) is 30.9 Å². The highest BCUT2D eigenvalue weighted by Gasteiger charge is 2.32. The molecule has 7 nitrogen and oxygen atoms in total. The Balaban J connectivity index is 1.59. The van der Waals surface area contributed by atoms with Gasteiger partial charge in [-0.2, -0.15) is 13.2 Å². The molecule has 1 unspecified atom stereocenters. The van der Waals surface area contributed by atoms with E-state index in [-0.39, 0.29) is 17.1 Å². The highest BCUT2D eigenvalue weighted by atomic mass is 19.4. The standard InChI is InChI=1S/C20H19F3N4O3/c1-29-15-8-18-24-13(7-12-5-6-30-11-12)9-27(18)10-14(15)19(28)26-17-4-2-3-16(25-17)20(21,22)23/h2-4,8-10,12H,5-7,11H2,1H3,(H,25,26,28). The van der Waals surface area contributed by atoms with Crippen molar-refractivity contribution in [3.63, 3.8) is 0 Å². The topological polar surface area (TPSA) is 77.8 Å². The van der Waals surface area contributed by atoms with Crippen LogP contribution < -0.4 is 10.1 Å². The summed E-state index contributed by atoms with van der Waals surface area (Å²) in [7, 11) is 1.41. The van der Waals surface area contributed by atoms with Crippen molar-refractivity contribution in [2.45, 2.75) is 19.0 Å². The van der Waals surface area contributed by atoms with E-state index in [1.165, 1.54) is 19.2 Å². The van der Waals surface area contributed by atoms with E-state index < -0.39 is 17.8 Å². The van der Waals surface area contributed by atoms with E-state index >= 15 is 0 Å². The third-order valence-electron chi connectivity index (χ3n) is 4.87. The lowest BCUT2D eigenvalue weighted by Crippen LogP contribution is -2.16. The van der Waals surface area contributed by atoms with Crippen LogP contribution in [0.3, 0.4) is 0 Å². The molecule has 0 aromatic carbocycles. The molecule has 1 fully saturated rings. The second kappa shape index (κ2) is 7.94. The van der Waals surface area contributed by atoms with Crippen molar-refractivity contribution in [3.8, 4) is 5.75 Å². The van der Waals surface area contributed by atoms with Crippen molar-refractivity contribution < 1.29 is 27.4 Å². The molecule has 1 saturated heterocycles. The first-order chi connectivity index (χ1) is 14.3. The van der Waals surface area contributed by atoms with E-state index in [2.05, 4.69) is 15.3 Å². The molecule has 1 atom stereocenters. The van der Waals surface area contributed by atoms with Crippen LogP contribution in [0.1, 0.15) is 28.2 Å². The van der Waals surface area contributed by atoms with Gasteiger partial charge in [-0.3, -0.25) is 4.79 Å². The van der Waals surface area contributed by atoms with Gasteiger partial charge in [0.25, 0.3) is 5.91 Å². The number of aromatic nitrogens is 3. The molecule has 1 amide bonds. The number of halogens is 3. The van der Waals surface area contributed by atoms with Gasteiger partial charge in [0, 0.05) is 31.7 Å². The summed E-state index contributed by atoms with van der Waals surface area (Å²) >= 11 is 0. The maximum absolute atomic E-state index is 12.9. The molecule has 4 heterocycles. The van der Waals surface area contributed by atoms with Gasteiger partial charge < -0.3 is 19.2 Å². The number of hydrogen-bond acceptors (Lipinski definition) is 5. The van der Waals surface area contributed by atoms with E-state index in [9.17, 15) is 18.0 Å². The zero-order valence-corrected chi connectivity index (χ0v) is 16.1. The molecule has 0 aliphatic carbocycles. The predicted octanol–water partition coefficient (Wildman–Crippen LogP) is 3.59. The summed E-state index contributed by atoms with van der Waals surface area (Å²) in [5, 5.41) is 2.40. The Kier molecular flexibility index (Phi) is 5.33. The van der Waals surface area contributed by atoms with E-state index in [0.29, 0.717) is 18.2 Å². The van der Waals surface area contributed by atoms with Crippen LogP contribution in [0, 0.1) is 5.92 Å². The maximum atomic E-state index is 12.9. The fourth-order valence-electron chi connectivity index (χ4n) is 3.39. The summed E-state index contributed by atoms with van der Waals surface area (Å²) in [5.41, 5.74) is 0.536. The molecule has 30 heavy (non-hydrogen) atoms. The molecule has 0 radical (unpaired) electrons. The van der Waals surface area contributed by atoms with Crippen LogP contribution >= 0.6 is 0 Å². The molecular weight excluding hydrogens is 401 g/mol. The number of ether oxygens (including phenoxy) is 2. The van der Waals surface area contributed by atoms with E-state index in [4.69, 9.17) is 9.47 Å². The Morgan fingerprint density at radius 3 is 2.87 bits per heavy atom. The van der Waals surface area contributed by atoms with Crippen molar-refractivity contribution >= 4 is 17.4 Å². The fourth-order valence-corrected chi connectivity index (χ4v) is 3.39. The van der Waals surface area contributed by atoms with Gasteiger partial charge >= 0.3 is 6.18 Å². The minimum absolute atomic E-state index is 0.150. The Morgan fingerprint density at radius 1 is 1.33 bits per heavy atom. The summed E-state index contributed by atoms with van der Waals surface area (Å²) in [6.07, 6.45) is 0.509. The first-order valence-corrected chi connectivity index (χ1v) is 9.32. The largest absolute Gasteiger partial charge is 0.496 e. The smallest absolute Gasteiger partial charge is 0.433 e. The number of anilines is 1. The highest BCUT2D eigenvalue weighted by molar-refractivity contribution is 6.05. The zero-order chi connectivity index (χ0) is 21.3. The number of alkyl halides is 3. The van der Waals surface area contributed by atoms with Crippen LogP contribution in [-0.2, 0) is 17.3 Å². The highest BCUT2D eigenvalue weighted by Crippen LogP contribution is 2.29. The number of carbonyl (C=O) groups excluding carboxylic acids is 1. The van der Waals surface area contributed by atoms with Crippen LogP contribution in [0.4, 0.5) is 19.0 Å². The van der Waals surface area contributed by atoms with Gasteiger partial charge in [0.05, 0.1) is 18.4 Å². The Labute approximate surface area is 169 Å². The maximum Gasteiger partial charge on any atom is 0.433 e. The van der Waals surface area contributed by atoms with Gasteiger partial charge in [0.2, 0.25) is 0 Å². The molecule has 1 aliphatic rings. The van der Waals surface area contributed by atoms with Crippen molar-refractivity contribution in [3.05, 3.63) is 53.6 Å². The average molecular weight is 420 g/mol. The second-order valence-corrected chi connectivity index (χ2v) is 7.05. The fraction of sp³-hybridized carbons (Fsp3) is 0.350. The molecule has 0 saturated carbocycles. The Bertz CT molecular complexity index is 1070. The number of nitrogens with one attached hydrogen (secondary N) is 1. The van der Waals surface area contributed by atoms with Crippen molar-refractivity contribution in [1.29, 1.82) is 0 Å². The number of fused-ring (bicyclic) bond motifs is 1. The van der Waals surface area contributed by atoms with Gasteiger partial charge in [0.1, 0.15) is 22.9 Å². The minimum Gasteiger partial charge on any atom is -0.496 e. The Morgan fingerprint density at radius 2 is 2.17 bits per heavy atom. The number of nitrogens with zero attached hydrogens (tertiary/aromatic N) is 3. The van der Waals surface area contributed by atoms with Gasteiger partial charge in [-0.15, -0.1) is 0 Å². The Hall–Kier alpha value is -3.14. The number of pyridine rings is 2. The monoisotopic (exact) mass is 420 g/mol. The quantitative estimate of drug-likeness (QED) is 0.683. The van der Waals surface area contributed by atoms with Crippen LogP contribution in [-0.4, -0.2) is 40.6 Å². The van der Waals surface area contributed by atoms with Gasteiger partial charge in [-0.1, -0.05) is 6.07 Å². The summed E-state index contributed by atoms with van der Waals surface area (Å²) in [5.74, 6) is -0.176. The number of methoxy groups -OCH3 is 1. The average Bonchev–Trinajstić information content (AvgIpc) is 3.35. The van der Waals surface area contributed by atoms with E-state index in [0.717, 1.165) is 31.2 Å². The van der Waals surface area contributed by atoms with Crippen molar-refractivity contribution in [1.82, 2.24) is 14.4 Å². The van der Waals surface area contributed by atoms with E-state index in [1.54, 1.807) is 16.7 Å². The molecule has 4 rings (SSSR count). The lowest BCUT2D eigenvalue weighted by atomic mass is 10.0. The number of carbonyl (C=O) groups is 1. The summed E-state index contributed by atoms with van der Waals surface area (Å²) in [6.45, 7) is 1.45. The normalized spacial score (nSPS) is 16.7. The molecule has 1 aliphatic heterocycles. The number of amides is 1. The SMILES string of the molecule is COc1cc2nc(CC3CCOC3)cn2cc1C(=O)Nc1cccc(C(F)(F)F)n1. The third kappa shape index (κ3) is 4.23. The van der Waals surface area contributed by atoms with Crippen molar-refractivity contribution in [2.75, 3.05) is 25.6 Å². The second-order valence-electron chi connectivity index (χ2n) is 7.05. The first-order valence-electron chi connectivity index (χ1n) is 9.32. The van der Waals surface area contributed by atoms with Crippen LogP contribution in [0.25, 0.3) is 5.65 Å². The lowest BCUT2D eigenvalue weighted by Gasteiger charge is -2.11. The molecule has 3 aromatic rings. The summed E-state index contributed by atoms with van der Waals surface area (Å²) in [6, 6.07) is 4.92. The number of hydrogen-bond donors (Lipinski definition) is 1. The molecule has 3 aromatic heterocycles. The molecule has 10 heteroatoms. The molecule has 158 valence electrons. The van der Waals surface area contributed by atoms with Crippen molar-refractivity contribution in [2.24, 2.45) is 5.92 Å². The zero-order valence-electron chi connectivity index (χ0n) is 16.1. The van der Waals surface area contributed by atoms with E-state index in [1.807, 2.05) is 6.20 Å². The van der Waals surface area contributed by atoms with Crippen LogP contribution in [0.5, 0.6) is 5.75 Å². The van der Waals surface area contributed by atoms with Gasteiger partial charge in [0.15, 0.2) is 0 Å².